The molecule has 8 unspecified atom stereocenters. The summed E-state index contributed by atoms with van der Waals surface area (Å²) >= 11 is 0. The van der Waals surface area contributed by atoms with Crippen LogP contribution in [-0.2, 0) is 18.4 Å². The quantitative estimate of drug-likeness (QED) is 0.0166. The molecule has 1 fully saturated rings. The van der Waals surface area contributed by atoms with Crippen LogP contribution in [-0.4, -0.2) is 108 Å². The number of aliphatic hydroxyl groups excluding tert-OH is 7. The van der Waals surface area contributed by atoms with Crippen LogP contribution in [0.1, 0.15) is 194 Å². The summed E-state index contributed by atoms with van der Waals surface area (Å²) in [7, 11) is -5.14. The van der Waals surface area contributed by atoms with Crippen molar-refractivity contribution in [2.75, 3.05) is 6.61 Å². The van der Waals surface area contributed by atoms with Crippen molar-refractivity contribution in [2.24, 2.45) is 0 Å². The van der Waals surface area contributed by atoms with Gasteiger partial charge in [0.2, 0.25) is 5.91 Å². The zero-order chi connectivity index (χ0) is 43.7. The van der Waals surface area contributed by atoms with Gasteiger partial charge in [-0.15, -0.1) is 0 Å². The van der Waals surface area contributed by atoms with E-state index in [1.54, 1.807) is 6.08 Å². The fourth-order valence-corrected chi connectivity index (χ4v) is 8.40. The van der Waals surface area contributed by atoms with E-state index in [2.05, 4.69) is 31.3 Å². The first-order valence-electron chi connectivity index (χ1n) is 23.4. The molecule has 14 heteroatoms. The Kier molecular flexibility index (Phi) is 33.3. The molecule has 1 aliphatic carbocycles. The smallest absolute Gasteiger partial charge is 0.393 e. The maximum Gasteiger partial charge on any atom is 0.472 e. The molecule has 0 aromatic carbocycles. The molecule has 9 N–H and O–H groups in total. The molecule has 1 aliphatic rings. The lowest BCUT2D eigenvalue weighted by atomic mass is 9.85. The minimum absolute atomic E-state index is 0.249. The third-order valence-corrected chi connectivity index (χ3v) is 12.3. The second-order valence-electron chi connectivity index (χ2n) is 16.8. The maximum atomic E-state index is 13.0. The molecule has 348 valence electrons. The number of carbonyl (C=O) groups excluding carboxylic acids is 1. The zero-order valence-corrected chi connectivity index (χ0v) is 37.6. The summed E-state index contributed by atoms with van der Waals surface area (Å²) in [4.78, 5) is 23.3. The highest BCUT2D eigenvalue weighted by molar-refractivity contribution is 7.47. The standard InChI is InChI=1S/C45H86NO12P/c1-3-5-7-9-11-13-14-15-16-17-18-19-20-21-22-23-25-26-28-30-32-36(47)34-39(49)46-37(38(48)33-31-29-27-24-12-10-8-6-4-2)35-57-59(55,56)58-45-43(53)41(51)40(50)42(52)44(45)54/h12,24,31,33,36-38,40-45,47-48,50-54H,3-11,13-23,25-30,32,34-35H2,1-2H3,(H,46,49)(H,55,56)/b24-12+,33-31+. The first kappa shape index (κ1) is 55.8. The fourth-order valence-electron chi connectivity index (χ4n) is 7.43. The minimum atomic E-state index is -5.14. The monoisotopic (exact) mass is 864 g/mol. The third kappa shape index (κ3) is 27.5. The van der Waals surface area contributed by atoms with Crippen LogP contribution < -0.4 is 5.32 Å². The van der Waals surface area contributed by atoms with E-state index in [9.17, 15) is 50.0 Å². The van der Waals surface area contributed by atoms with Gasteiger partial charge in [-0.25, -0.2) is 4.57 Å². The topological polar surface area (TPSA) is 226 Å². The van der Waals surface area contributed by atoms with E-state index in [0.717, 1.165) is 51.4 Å². The van der Waals surface area contributed by atoms with Crippen molar-refractivity contribution >= 4 is 13.7 Å². The highest BCUT2D eigenvalue weighted by Crippen LogP contribution is 2.47. The molecule has 0 radical (unpaired) electrons. The summed E-state index contributed by atoms with van der Waals surface area (Å²) in [5.41, 5.74) is 0. The van der Waals surface area contributed by atoms with Gasteiger partial charge in [-0.2, -0.15) is 0 Å². The number of phosphoric acid groups is 1. The van der Waals surface area contributed by atoms with Crippen LogP contribution in [0.3, 0.4) is 0 Å². The molecule has 0 saturated heterocycles. The number of rotatable bonds is 38. The average molecular weight is 864 g/mol. The SMILES string of the molecule is CCCCC/C=C/CC/C=C/C(O)C(COP(=O)(O)OC1C(O)C(O)C(O)C(O)C1O)NC(=O)CC(O)CCCCCCCCCCCCCCCCCCCCCC. The Balaban J connectivity index is 2.43. The number of hydrogen-bond donors (Lipinski definition) is 9. The lowest BCUT2D eigenvalue weighted by Gasteiger charge is -2.41. The van der Waals surface area contributed by atoms with Gasteiger partial charge in [0.15, 0.2) is 0 Å². The van der Waals surface area contributed by atoms with Crippen LogP contribution in [0.15, 0.2) is 24.3 Å². The summed E-state index contributed by atoms with van der Waals surface area (Å²) in [6, 6.07) is -1.25. The predicted molar refractivity (Wildman–Crippen MR) is 234 cm³/mol. The Bertz CT molecular complexity index is 1110. The minimum Gasteiger partial charge on any atom is -0.393 e. The van der Waals surface area contributed by atoms with Crippen LogP contribution in [0.25, 0.3) is 0 Å². The third-order valence-electron chi connectivity index (χ3n) is 11.3. The van der Waals surface area contributed by atoms with Gasteiger partial charge in [0, 0.05) is 0 Å². The summed E-state index contributed by atoms with van der Waals surface area (Å²) in [6.07, 6.45) is 24.5. The molecule has 13 nitrogen and oxygen atoms in total. The van der Waals surface area contributed by atoms with E-state index in [1.807, 2.05) is 0 Å². The molecule has 0 aromatic rings. The molecule has 0 aromatic heterocycles. The average Bonchev–Trinajstić information content (AvgIpc) is 3.21. The molecule has 1 saturated carbocycles. The first-order valence-corrected chi connectivity index (χ1v) is 24.9. The second kappa shape index (κ2) is 35.3. The lowest BCUT2D eigenvalue weighted by Crippen LogP contribution is -2.64. The van der Waals surface area contributed by atoms with E-state index in [1.165, 1.54) is 115 Å². The van der Waals surface area contributed by atoms with Gasteiger partial charge in [0.1, 0.15) is 36.6 Å². The van der Waals surface area contributed by atoms with Crippen molar-refractivity contribution in [3.05, 3.63) is 24.3 Å². The molecule has 0 aliphatic heterocycles. The van der Waals surface area contributed by atoms with Gasteiger partial charge >= 0.3 is 7.82 Å². The second-order valence-corrected chi connectivity index (χ2v) is 18.2. The largest absolute Gasteiger partial charge is 0.472 e. The van der Waals surface area contributed by atoms with E-state index in [-0.39, 0.29) is 6.42 Å². The van der Waals surface area contributed by atoms with Gasteiger partial charge in [-0.1, -0.05) is 179 Å². The van der Waals surface area contributed by atoms with Crippen molar-refractivity contribution in [1.82, 2.24) is 5.32 Å². The number of phosphoric ester groups is 1. The van der Waals surface area contributed by atoms with Crippen LogP contribution >= 0.6 is 7.82 Å². The maximum absolute atomic E-state index is 13.0. The molecule has 0 spiro atoms. The number of amides is 1. The normalized spacial score (nSPS) is 23.8. The van der Waals surface area contributed by atoms with Gasteiger partial charge in [-0.3, -0.25) is 13.8 Å². The molecular weight excluding hydrogens is 777 g/mol. The summed E-state index contributed by atoms with van der Waals surface area (Å²) in [6.45, 7) is 3.66. The highest BCUT2D eigenvalue weighted by atomic mass is 31.2. The number of hydrogen-bond acceptors (Lipinski definition) is 11. The van der Waals surface area contributed by atoms with E-state index < -0.39 is 75.2 Å². The van der Waals surface area contributed by atoms with Crippen molar-refractivity contribution in [3.8, 4) is 0 Å². The number of allylic oxidation sites excluding steroid dienone is 3. The van der Waals surface area contributed by atoms with Crippen molar-refractivity contribution in [3.63, 3.8) is 0 Å². The van der Waals surface area contributed by atoms with Crippen LogP contribution in [0.4, 0.5) is 0 Å². The molecule has 1 amide bonds. The van der Waals surface area contributed by atoms with E-state index >= 15 is 0 Å². The number of carbonyl (C=O) groups is 1. The van der Waals surface area contributed by atoms with Gasteiger partial charge in [0.25, 0.3) is 0 Å². The van der Waals surface area contributed by atoms with Crippen molar-refractivity contribution in [1.29, 1.82) is 0 Å². The molecule has 0 bridgehead atoms. The zero-order valence-electron chi connectivity index (χ0n) is 36.7. The van der Waals surface area contributed by atoms with Gasteiger partial charge < -0.3 is 46.0 Å². The summed E-state index contributed by atoms with van der Waals surface area (Å²) < 4.78 is 22.8. The van der Waals surface area contributed by atoms with Crippen LogP contribution in [0, 0.1) is 0 Å². The Morgan fingerprint density at radius 3 is 1.49 bits per heavy atom. The van der Waals surface area contributed by atoms with Crippen molar-refractivity contribution < 1.29 is 59.0 Å². The predicted octanol–water partition coefficient (Wildman–Crippen LogP) is 7.59. The Morgan fingerprint density at radius 2 is 1.00 bits per heavy atom. The molecular formula is C45H86NO12P. The first-order chi connectivity index (χ1) is 28.3. The molecule has 8 atom stereocenters. The number of nitrogens with one attached hydrogen (secondary N) is 1. The highest BCUT2D eigenvalue weighted by Gasteiger charge is 2.51. The number of unbranched alkanes of at least 4 members (excludes halogenated alkanes) is 23. The Morgan fingerprint density at radius 1 is 0.593 bits per heavy atom. The van der Waals surface area contributed by atoms with Gasteiger partial charge in [0.05, 0.1) is 31.3 Å². The Hall–Kier alpha value is -1.22. The lowest BCUT2D eigenvalue weighted by molar-refractivity contribution is -0.220. The van der Waals surface area contributed by atoms with Crippen LogP contribution in [0.5, 0.6) is 0 Å². The summed E-state index contributed by atoms with van der Waals surface area (Å²) in [5, 5.41) is 74.2. The molecule has 0 heterocycles. The fraction of sp³-hybridized carbons (Fsp3) is 0.889. The van der Waals surface area contributed by atoms with E-state index in [4.69, 9.17) is 9.05 Å². The van der Waals surface area contributed by atoms with E-state index in [0.29, 0.717) is 12.8 Å². The Labute approximate surface area is 356 Å². The molecule has 1 rings (SSSR count). The van der Waals surface area contributed by atoms with Crippen molar-refractivity contribution in [2.45, 2.75) is 249 Å². The number of aliphatic hydroxyl groups is 7. The van der Waals surface area contributed by atoms with Crippen LogP contribution in [0.2, 0.25) is 0 Å². The van der Waals surface area contributed by atoms with Gasteiger partial charge in [-0.05, 0) is 32.1 Å². The summed E-state index contributed by atoms with van der Waals surface area (Å²) in [5.74, 6) is -0.603. The molecule has 59 heavy (non-hydrogen) atoms.